The van der Waals surface area contributed by atoms with Crippen LogP contribution in [0.4, 0.5) is 0 Å². The van der Waals surface area contributed by atoms with Gasteiger partial charge in [-0.25, -0.2) is 0 Å². The van der Waals surface area contributed by atoms with Gasteiger partial charge < -0.3 is 9.47 Å². The molecule has 0 fully saturated rings. The van der Waals surface area contributed by atoms with Gasteiger partial charge in [0.1, 0.15) is 0 Å². The van der Waals surface area contributed by atoms with Crippen molar-refractivity contribution in [1.29, 1.82) is 0 Å². The second kappa shape index (κ2) is 5.83. The lowest BCUT2D eigenvalue weighted by atomic mass is 10.0. The number of aromatic nitrogens is 1. The molecule has 2 aromatic carbocycles. The summed E-state index contributed by atoms with van der Waals surface area (Å²) >= 11 is 0. The molecule has 0 N–H and O–H groups in total. The smallest absolute Gasteiger partial charge is 0.160 e. The molecule has 0 bridgehead atoms. The molecule has 0 saturated heterocycles. The monoisotopic (exact) mass is 279 g/mol. The molecule has 1 heterocycles. The van der Waals surface area contributed by atoms with E-state index in [9.17, 15) is 0 Å². The summed E-state index contributed by atoms with van der Waals surface area (Å²) in [6, 6.07) is 16.3. The molecule has 1 aromatic heterocycles. The first-order valence-corrected chi connectivity index (χ1v) is 6.85. The van der Waals surface area contributed by atoms with Crippen molar-refractivity contribution in [3.05, 3.63) is 65.9 Å². The largest absolute Gasteiger partial charge is 0.493 e. The van der Waals surface area contributed by atoms with Crippen molar-refractivity contribution in [3.8, 4) is 11.5 Å². The predicted octanol–water partition coefficient (Wildman–Crippen LogP) is 3.84. The van der Waals surface area contributed by atoms with E-state index < -0.39 is 0 Å². The number of ether oxygens (including phenoxy) is 2. The van der Waals surface area contributed by atoms with Crippen LogP contribution in [0.3, 0.4) is 0 Å². The van der Waals surface area contributed by atoms with Gasteiger partial charge in [-0.05, 0) is 41.8 Å². The lowest BCUT2D eigenvalue weighted by Crippen LogP contribution is -1.95. The normalized spacial score (nSPS) is 10.6. The maximum Gasteiger partial charge on any atom is 0.160 e. The number of rotatable bonds is 4. The van der Waals surface area contributed by atoms with Crippen LogP contribution in [-0.2, 0) is 6.42 Å². The third kappa shape index (κ3) is 2.68. The van der Waals surface area contributed by atoms with Crippen molar-refractivity contribution < 1.29 is 9.47 Å². The SMILES string of the molecule is COc1ccc(Cc2ccnc3ccccc23)cc1OC. The highest BCUT2D eigenvalue weighted by atomic mass is 16.5. The van der Waals surface area contributed by atoms with Crippen molar-refractivity contribution in [2.45, 2.75) is 6.42 Å². The first kappa shape index (κ1) is 13.4. The highest BCUT2D eigenvalue weighted by Gasteiger charge is 2.07. The van der Waals surface area contributed by atoms with E-state index in [2.05, 4.69) is 23.2 Å². The lowest BCUT2D eigenvalue weighted by Gasteiger charge is -2.10. The van der Waals surface area contributed by atoms with Gasteiger partial charge in [-0.1, -0.05) is 24.3 Å². The zero-order valence-corrected chi connectivity index (χ0v) is 12.2. The summed E-state index contributed by atoms with van der Waals surface area (Å²) in [6.07, 6.45) is 2.70. The van der Waals surface area contributed by atoms with E-state index in [1.54, 1.807) is 14.2 Å². The van der Waals surface area contributed by atoms with E-state index in [0.29, 0.717) is 0 Å². The molecule has 0 atom stereocenters. The van der Waals surface area contributed by atoms with Crippen LogP contribution in [0.5, 0.6) is 11.5 Å². The molecule has 0 aliphatic carbocycles. The number of methoxy groups -OCH3 is 2. The third-order valence-corrected chi connectivity index (χ3v) is 3.58. The number of fused-ring (bicyclic) bond motifs is 1. The van der Waals surface area contributed by atoms with Crippen molar-refractivity contribution in [1.82, 2.24) is 4.98 Å². The first-order chi connectivity index (χ1) is 10.3. The third-order valence-electron chi connectivity index (χ3n) is 3.58. The molecule has 21 heavy (non-hydrogen) atoms. The summed E-state index contributed by atoms with van der Waals surface area (Å²) < 4.78 is 10.6. The Bertz CT molecular complexity index is 763. The molecule has 0 unspecified atom stereocenters. The molecule has 3 aromatic rings. The van der Waals surface area contributed by atoms with Crippen LogP contribution < -0.4 is 9.47 Å². The van der Waals surface area contributed by atoms with Crippen LogP contribution >= 0.6 is 0 Å². The summed E-state index contributed by atoms with van der Waals surface area (Å²) in [6.45, 7) is 0. The Kier molecular flexibility index (Phi) is 3.73. The van der Waals surface area contributed by atoms with Gasteiger partial charge in [0.05, 0.1) is 19.7 Å². The highest BCUT2D eigenvalue weighted by Crippen LogP contribution is 2.29. The molecule has 0 radical (unpaired) electrons. The summed E-state index contributed by atoms with van der Waals surface area (Å²) in [5.41, 5.74) is 3.47. The molecule has 0 amide bonds. The molecule has 0 saturated carbocycles. The average molecular weight is 279 g/mol. The van der Waals surface area contributed by atoms with Gasteiger partial charge in [0.2, 0.25) is 0 Å². The Morgan fingerprint density at radius 2 is 1.71 bits per heavy atom. The zero-order valence-electron chi connectivity index (χ0n) is 12.2. The van der Waals surface area contributed by atoms with Gasteiger partial charge in [0.15, 0.2) is 11.5 Å². The lowest BCUT2D eigenvalue weighted by molar-refractivity contribution is 0.354. The van der Waals surface area contributed by atoms with E-state index in [1.165, 1.54) is 16.5 Å². The Morgan fingerprint density at radius 1 is 0.905 bits per heavy atom. The summed E-state index contributed by atoms with van der Waals surface area (Å²) in [5.74, 6) is 1.51. The minimum absolute atomic E-state index is 0.751. The Hall–Kier alpha value is -2.55. The molecule has 106 valence electrons. The van der Waals surface area contributed by atoms with Crippen LogP contribution in [0, 0.1) is 0 Å². The number of benzene rings is 2. The molecule has 0 aliphatic rings. The summed E-state index contributed by atoms with van der Waals surface area (Å²) in [5, 5.41) is 1.19. The quantitative estimate of drug-likeness (QED) is 0.727. The van der Waals surface area contributed by atoms with Crippen LogP contribution in [0.15, 0.2) is 54.7 Å². The van der Waals surface area contributed by atoms with Crippen molar-refractivity contribution in [2.75, 3.05) is 14.2 Å². The second-order valence-corrected chi connectivity index (χ2v) is 4.85. The van der Waals surface area contributed by atoms with E-state index in [4.69, 9.17) is 9.47 Å². The molecule has 3 nitrogen and oxygen atoms in total. The van der Waals surface area contributed by atoms with Crippen LogP contribution in [0.2, 0.25) is 0 Å². The van der Waals surface area contributed by atoms with E-state index >= 15 is 0 Å². The maximum absolute atomic E-state index is 5.36. The van der Waals surface area contributed by atoms with E-state index in [0.717, 1.165) is 23.4 Å². The van der Waals surface area contributed by atoms with Crippen molar-refractivity contribution >= 4 is 10.9 Å². The molecule has 3 rings (SSSR count). The van der Waals surface area contributed by atoms with E-state index in [1.807, 2.05) is 36.5 Å². The first-order valence-electron chi connectivity index (χ1n) is 6.85. The number of hydrogen-bond donors (Lipinski definition) is 0. The number of hydrogen-bond acceptors (Lipinski definition) is 3. The van der Waals surface area contributed by atoms with Gasteiger partial charge in [0, 0.05) is 11.6 Å². The molecular weight excluding hydrogens is 262 g/mol. The van der Waals surface area contributed by atoms with Gasteiger partial charge >= 0.3 is 0 Å². The molecule has 0 spiro atoms. The van der Waals surface area contributed by atoms with Crippen molar-refractivity contribution in [2.24, 2.45) is 0 Å². The highest BCUT2D eigenvalue weighted by molar-refractivity contribution is 5.82. The van der Waals surface area contributed by atoms with Crippen LogP contribution in [0.1, 0.15) is 11.1 Å². The second-order valence-electron chi connectivity index (χ2n) is 4.85. The van der Waals surface area contributed by atoms with E-state index in [-0.39, 0.29) is 0 Å². The minimum atomic E-state index is 0.751. The topological polar surface area (TPSA) is 31.4 Å². The zero-order chi connectivity index (χ0) is 14.7. The fourth-order valence-electron chi connectivity index (χ4n) is 2.52. The van der Waals surface area contributed by atoms with Gasteiger partial charge in [0.25, 0.3) is 0 Å². The Labute approximate surface area is 124 Å². The predicted molar refractivity (Wildman–Crippen MR) is 84.1 cm³/mol. The maximum atomic E-state index is 5.36. The van der Waals surface area contributed by atoms with Crippen LogP contribution in [0.25, 0.3) is 10.9 Å². The van der Waals surface area contributed by atoms with Crippen molar-refractivity contribution in [3.63, 3.8) is 0 Å². The molecular formula is C18H17NO2. The molecule has 0 aliphatic heterocycles. The van der Waals surface area contributed by atoms with Crippen LogP contribution in [-0.4, -0.2) is 19.2 Å². The average Bonchev–Trinajstić information content (AvgIpc) is 2.55. The fraction of sp³-hybridized carbons (Fsp3) is 0.167. The molecule has 3 heteroatoms. The number of pyridine rings is 1. The summed E-state index contributed by atoms with van der Waals surface area (Å²) in [4.78, 5) is 4.40. The van der Waals surface area contributed by atoms with Gasteiger partial charge in [-0.3, -0.25) is 4.98 Å². The standard InChI is InChI=1S/C18H17NO2/c1-20-17-8-7-13(12-18(17)21-2)11-14-9-10-19-16-6-4-3-5-15(14)16/h3-10,12H,11H2,1-2H3. The summed E-state index contributed by atoms with van der Waals surface area (Å²) in [7, 11) is 3.30. The number of nitrogens with zero attached hydrogens (tertiary/aromatic N) is 1. The number of para-hydroxylation sites is 1. The Morgan fingerprint density at radius 3 is 2.52 bits per heavy atom. The Balaban J connectivity index is 1.99. The minimum Gasteiger partial charge on any atom is -0.493 e. The fourth-order valence-corrected chi connectivity index (χ4v) is 2.52. The van der Waals surface area contributed by atoms with Gasteiger partial charge in [-0.2, -0.15) is 0 Å². The van der Waals surface area contributed by atoms with Gasteiger partial charge in [-0.15, -0.1) is 0 Å².